The highest BCUT2D eigenvalue weighted by molar-refractivity contribution is 8.15. The number of thioether (sulfide) groups is 1. The van der Waals surface area contributed by atoms with Crippen molar-refractivity contribution in [2.75, 3.05) is 18.4 Å². The minimum atomic E-state index is -0.505. The summed E-state index contributed by atoms with van der Waals surface area (Å²) >= 11 is 1.37. The molecule has 0 unspecified atom stereocenters. The van der Waals surface area contributed by atoms with E-state index in [1.165, 1.54) is 18.2 Å². The van der Waals surface area contributed by atoms with Crippen molar-refractivity contribution in [3.05, 3.63) is 59.9 Å². The number of pyridine rings is 1. The second-order valence-electron chi connectivity index (χ2n) is 8.20. The minimum Gasteiger partial charge on any atom is -0.351 e. The maximum absolute atomic E-state index is 12.7. The number of nitrogens with one attached hydrogen (secondary N) is 2. The standard InChI is InChI=1S/C24H27N5O3S/c1-16(17-8-10-25-11-9-17)26-22(31)18-6-5-7-19(14-18)27-21(30)15-20-23(32)28-24(33-20)29-12-3-2-4-13-29/h5-11,14,16,20H,2-4,12-13,15H2,1H3,(H,26,31)(H,27,30)/t16-,20-/m0/s1. The number of amides is 3. The Kier molecular flexibility index (Phi) is 7.39. The topological polar surface area (TPSA) is 104 Å². The number of amidine groups is 1. The quantitative estimate of drug-likeness (QED) is 0.678. The normalized spacial score (nSPS) is 19.1. The van der Waals surface area contributed by atoms with E-state index in [-0.39, 0.29) is 30.2 Å². The van der Waals surface area contributed by atoms with Crippen LogP contribution in [0.4, 0.5) is 5.69 Å². The number of likely N-dealkylation sites (tertiary alicyclic amines) is 1. The molecule has 0 saturated carbocycles. The molecule has 2 aliphatic rings. The molecule has 0 aliphatic carbocycles. The number of hydrogen-bond donors (Lipinski definition) is 2. The predicted molar refractivity (Wildman–Crippen MR) is 129 cm³/mol. The summed E-state index contributed by atoms with van der Waals surface area (Å²) in [5, 5.41) is 5.98. The summed E-state index contributed by atoms with van der Waals surface area (Å²) in [7, 11) is 0. The van der Waals surface area contributed by atoms with Crippen molar-refractivity contribution in [3.8, 4) is 0 Å². The van der Waals surface area contributed by atoms with Crippen LogP contribution in [0.15, 0.2) is 53.8 Å². The third-order valence-corrected chi connectivity index (χ3v) is 6.90. The molecular weight excluding hydrogens is 438 g/mol. The van der Waals surface area contributed by atoms with Crippen molar-refractivity contribution in [2.45, 2.75) is 43.9 Å². The van der Waals surface area contributed by atoms with Gasteiger partial charge in [0, 0.05) is 43.2 Å². The number of anilines is 1. The Labute approximate surface area is 197 Å². The summed E-state index contributed by atoms with van der Waals surface area (Å²) in [5.74, 6) is -0.774. The van der Waals surface area contributed by atoms with Gasteiger partial charge >= 0.3 is 0 Å². The number of nitrogens with zero attached hydrogens (tertiary/aromatic N) is 3. The number of benzene rings is 1. The van der Waals surface area contributed by atoms with Crippen LogP contribution >= 0.6 is 11.8 Å². The van der Waals surface area contributed by atoms with E-state index < -0.39 is 5.25 Å². The van der Waals surface area contributed by atoms with Crippen molar-refractivity contribution >= 4 is 40.3 Å². The SMILES string of the molecule is C[C@H](NC(=O)c1cccc(NC(=O)C[C@@H]2SC(N3CCCCC3)=NC2=O)c1)c1ccncc1. The molecule has 33 heavy (non-hydrogen) atoms. The Bertz CT molecular complexity index is 1050. The van der Waals surface area contributed by atoms with Gasteiger partial charge in [-0.25, -0.2) is 0 Å². The Morgan fingerprint density at radius 2 is 1.91 bits per heavy atom. The molecule has 1 fully saturated rings. The fourth-order valence-corrected chi connectivity index (χ4v) is 4.98. The van der Waals surface area contributed by atoms with Crippen LogP contribution in [0.5, 0.6) is 0 Å². The number of hydrogen-bond acceptors (Lipinski definition) is 6. The maximum atomic E-state index is 12.7. The first-order valence-corrected chi connectivity index (χ1v) is 12.0. The van der Waals surface area contributed by atoms with E-state index in [1.807, 2.05) is 19.1 Å². The zero-order valence-corrected chi connectivity index (χ0v) is 19.3. The molecule has 3 amide bonds. The van der Waals surface area contributed by atoms with Gasteiger partial charge in [0.2, 0.25) is 5.91 Å². The summed E-state index contributed by atoms with van der Waals surface area (Å²) < 4.78 is 0. The Morgan fingerprint density at radius 1 is 1.15 bits per heavy atom. The van der Waals surface area contributed by atoms with Crippen molar-refractivity contribution in [3.63, 3.8) is 0 Å². The summed E-state index contributed by atoms with van der Waals surface area (Å²) in [6.07, 6.45) is 6.81. The third-order valence-electron chi connectivity index (χ3n) is 5.69. The number of carbonyl (C=O) groups excluding carboxylic acids is 3. The third kappa shape index (κ3) is 5.98. The molecule has 8 nitrogen and oxygen atoms in total. The number of piperidine rings is 1. The first kappa shape index (κ1) is 23.0. The molecule has 1 saturated heterocycles. The summed E-state index contributed by atoms with van der Waals surface area (Å²) in [6.45, 7) is 3.72. The highest BCUT2D eigenvalue weighted by atomic mass is 32.2. The van der Waals surface area contributed by atoms with E-state index in [1.54, 1.807) is 36.7 Å². The number of aromatic nitrogens is 1. The van der Waals surface area contributed by atoms with E-state index in [4.69, 9.17) is 0 Å². The number of carbonyl (C=O) groups is 3. The van der Waals surface area contributed by atoms with Crippen LogP contribution < -0.4 is 10.6 Å². The van der Waals surface area contributed by atoms with Gasteiger partial charge in [-0.1, -0.05) is 17.8 Å². The van der Waals surface area contributed by atoms with Crippen molar-refractivity contribution in [2.24, 2.45) is 4.99 Å². The Balaban J connectivity index is 1.31. The Morgan fingerprint density at radius 3 is 2.67 bits per heavy atom. The fourth-order valence-electron chi connectivity index (χ4n) is 3.86. The zero-order valence-electron chi connectivity index (χ0n) is 18.5. The molecule has 172 valence electrons. The number of rotatable bonds is 6. The smallest absolute Gasteiger partial charge is 0.262 e. The molecule has 2 atom stereocenters. The van der Waals surface area contributed by atoms with Crippen molar-refractivity contribution in [1.29, 1.82) is 0 Å². The van der Waals surface area contributed by atoms with Crippen LogP contribution in [0, 0.1) is 0 Å². The van der Waals surface area contributed by atoms with Gasteiger partial charge in [0.05, 0.1) is 6.04 Å². The first-order chi connectivity index (χ1) is 16.0. The van der Waals surface area contributed by atoms with Gasteiger partial charge in [0.15, 0.2) is 5.17 Å². The molecule has 1 aromatic carbocycles. The van der Waals surface area contributed by atoms with E-state index in [9.17, 15) is 14.4 Å². The molecular formula is C24H27N5O3S. The molecule has 1 aromatic heterocycles. The van der Waals surface area contributed by atoms with Crippen LogP contribution in [-0.4, -0.2) is 51.1 Å². The molecule has 3 heterocycles. The molecule has 9 heteroatoms. The van der Waals surface area contributed by atoms with Crippen LogP contribution in [0.3, 0.4) is 0 Å². The highest BCUT2D eigenvalue weighted by Gasteiger charge is 2.33. The van der Waals surface area contributed by atoms with Crippen LogP contribution in [0.2, 0.25) is 0 Å². The van der Waals surface area contributed by atoms with Crippen molar-refractivity contribution in [1.82, 2.24) is 15.2 Å². The van der Waals surface area contributed by atoms with Gasteiger partial charge in [-0.15, -0.1) is 0 Å². The lowest BCUT2D eigenvalue weighted by atomic mass is 10.1. The summed E-state index contributed by atoms with van der Waals surface area (Å²) in [6, 6.07) is 10.3. The summed E-state index contributed by atoms with van der Waals surface area (Å²) in [4.78, 5) is 47.9. The van der Waals surface area contributed by atoms with E-state index in [0.29, 0.717) is 11.3 Å². The molecule has 2 N–H and O–H groups in total. The molecule has 2 aromatic rings. The van der Waals surface area contributed by atoms with Gasteiger partial charge in [0.25, 0.3) is 11.8 Å². The van der Waals surface area contributed by atoms with Crippen LogP contribution in [0.1, 0.15) is 54.6 Å². The average molecular weight is 466 g/mol. The first-order valence-electron chi connectivity index (χ1n) is 11.1. The summed E-state index contributed by atoms with van der Waals surface area (Å²) in [5.41, 5.74) is 1.90. The van der Waals surface area contributed by atoms with Gasteiger partial charge in [-0.2, -0.15) is 4.99 Å². The van der Waals surface area contributed by atoms with Gasteiger partial charge in [0.1, 0.15) is 5.25 Å². The van der Waals surface area contributed by atoms with Crippen LogP contribution in [0.25, 0.3) is 0 Å². The van der Waals surface area contributed by atoms with Gasteiger partial charge in [-0.3, -0.25) is 19.4 Å². The second kappa shape index (κ2) is 10.6. The second-order valence-corrected chi connectivity index (χ2v) is 9.37. The zero-order chi connectivity index (χ0) is 23.2. The van der Waals surface area contributed by atoms with E-state index >= 15 is 0 Å². The van der Waals surface area contributed by atoms with E-state index in [0.717, 1.165) is 36.7 Å². The fraction of sp³-hybridized carbons (Fsp3) is 0.375. The lowest BCUT2D eigenvalue weighted by Crippen LogP contribution is -2.33. The van der Waals surface area contributed by atoms with Crippen molar-refractivity contribution < 1.29 is 14.4 Å². The van der Waals surface area contributed by atoms with Crippen LogP contribution in [-0.2, 0) is 9.59 Å². The lowest BCUT2D eigenvalue weighted by molar-refractivity contribution is -0.121. The average Bonchev–Trinajstić information content (AvgIpc) is 3.20. The molecule has 4 rings (SSSR count). The number of aliphatic imine (C=N–C) groups is 1. The Hall–Kier alpha value is -3.20. The highest BCUT2D eigenvalue weighted by Crippen LogP contribution is 2.29. The molecule has 2 aliphatic heterocycles. The maximum Gasteiger partial charge on any atom is 0.262 e. The van der Waals surface area contributed by atoms with E-state index in [2.05, 4.69) is 25.5 Å². The molecule has 0 spiro atoms. The molecule has 0 bridgehead atoms. The largest absolute Gasteiger partial charge is 0.351 e. The monoisotopic (exact) mass is 465 g/mol. The van der Waals surface area contributed by atoms with Gasteiger partial charge in [-0.05, 0) is 62.1 Å². The predicted octanol–water partition coefficient (Wildman–Crippen LogP) is 3.39. The lowest BCUT2D eigenvalue weighted by Gasteiger charge is -2.27. The minimum absolute atomic E-state index is 0.0415. The molecule has 0 radical (unpaired) electrons. The van der Waals surface area contributed by atoms with Gasteiger partial charge < -0.3 is 15.5 Å².